The third-order valence-electron chi connectivity index (χ3n) is 19.8. The quantitative estimate of drug-likeness (QED) is 0.0144. The average Bonchev–Trinajstić information content (AvgIpc) is 1.77. The van der Waals surface area contributed by atoms with Crippen LogP contribution in [0.15, 0.2) is 138 Å². The molecule has 4 aliphatic rings. The van der Waals surface area contributed by atoms with E-state index in [1.807, 2.05) is 24.3 Å². The van der Waals surface area contributed by atoms with Crippen LogP contribution in [0, 0.1) is 46.3 Å². The summed E-state index contributed by atoms with van der Waals surface area (Å²) in [5.41, 5.74) is 4.76. The SMILES string of the molecule is CCCCCCCCCCOc1ccc(C(=O)Oc2ccc(C(=O)Oc3cccc(OC(=O)c4ccc(N=Cc5ccc(OCCCCC(=O)O[C@H]6CC[C@@]7(C)C(=CC[C@H]8[C@@H]9CC[C@H]([C@H](C)CCCC(C)C)[C@@]9(C)CC[C@@H]87)C6)cc5)cc4)c3)cc2)cc1. The number of benzene rings is 5. The van der Waals surface area contributed by atoms with Gasteiger partial charge in [0.2, 0.25) is 0 Å². The highest BCUT2D eigenvalue weighted by Gasteiger charge is 2.59. The first kappa shape index (κ1) is 64.5. The molecule has 3 fully saturated rings. The van der Waals surface area contributed by atoms with Crippen LogP contribution in [0.1, 0.15) is 219 Å². The van der Waals surface area contributed by atoms with Crippen LogP contribution in [0.25, 0.3) is 0 Å². The Balaban J connectivity index is 0.638. The lowest BCUT2D eigenvalue weighted by Gasteiger charge is -2.58. The highest BCUT2D eigenvalue weighted by molar-refractivity contribution is 5.93. The highest BCUT2D eigenvalue weighted by atomic mass is 16.6. The van der Waals surface area contributed by atoms with Gasteiger partial charge in [-0.2, -0.15) is 0 Å². The summed E-state index contributed by atoms with van der Waals surface area (Å²) >= 11 is 0. The molecule has 0 saturated heterocycles. The number of nitrogens with zero attached hydrogens (tertiary/aromatic N) is 1. The minimum Gasteiger partial charge on any atom is -0.494 e. The zero-order valence-electron chi connectivity index (χ0n) is 52.7. The lowest BCUT2D eigenvalue weighted by molar-refractivity contribution is -0.151. The zero-order chi connectivity index (χ0) is 61.2. The molecule has 0 N–H and O–H groups in total. The minimum atomic E-state index is -0.641. The van der Waals surface area contributed by atoms with Gasteiger partial charge in [0, 0.05) is 25.1 Å². The summed E-state index contributed by atoms with van der Waals surface area (Å²) in [4.78, 5) is 56.7. The fourth-order valence-electron chi connectivity index (χ4n) is 14.9. The monoisotopic (exact) mass is 1180 g/mol. The number of carbonyl (C=O) groups is 4. The summed E-state index contributed by atoms with van der Waals surface area (Å²) in [6, 6.07) is 33.6. The number of aliphatic imine (C=N–C) groups is 1. The largest absolute Gasteiger partial charge is 0.494 e. The molecule has 0 spiro atoms. The summed E-state index contributed by atoms with van der Waals surface area (Å²) in [5.74, 6) is 5.16. The number of rotatable bonds is 30. The van der Waals surface area contributed by atoms with E-state index in [-0.39, 0.29) is 40.3 Å². The molecule has 11 nitrogen and oxygen atoms in total. The molecule has 9 rings (SSSR count). The van der Waals surface area contributed by atoms with Gasteiger partial charge in [-0.1, -0.05) is 123 Å². The number of carbonyl (C=O) groups excluding carboxylic acids is 4. The van der Waals surface area contributed by atoms with E-state index in [9.17, 15) is 19.2 Å². The van der Waals surface area contributed by atoms with Gasteiger partial charge in [0.25, 0.3) is 0 Å². The van der Waals surface area contributed by atoms with Crippen LogP contribution in [-0.4, -0.2) is 49.4 Å². The molecular weight excluding hydrogens is 1090 g/mol. The van der Waals surface area contributed by atoms with Gasteiger partial charge in [-0.05, 0) is 225 Å². The first-order chi connectivity index (χ1) is 42.2. The van der Waals surface area contributed by atoms with Crippen LogP contribution in [0.2, 0.25) is 0 Å². The molecule has 0 heterocycles. The molecule has 4 aliphatic carbocycles. The maximum atomic E-state index is 13.1. The van der Waals surface area contributed by atoms with Crippen LogP contribution < -0.4 is 23.7 Å². The Labute approximate surface area is 518 Å². The van der Waals surface area contributed by atoms with Crippen molar-refractivity contribution in [1.82, 2.24) is 0 Å². The van der Waals surface area contributed by atoms with Gasteiger partial charge in [0.15, 0.2) is 0 Å². The number of esters is 4. The molecular formula is C76H95NO10. The topological polar surface area (TPSA) is 136 Å². The van der Waals surface area contributed by atoms with Crippen molar-refractivity contribution < 1.29 is 47.6 Å². The van der Waals surface area contributed by atoms with E-state index in [1.165, 1.54) is 120 Å². The second kappa shape index (κ2) is 31.3. The summed E-state index contributed by atoms with van der Waals surface area (Å²) in [6.07, 6.45) is 29.9. The first-order valence-corrected chi connectivity index (χ1v) is 33.0. The van der Waals surface area contributed by atoms with Crippen LogP contribution in [0.3, 0.4) is 0 Å². The lowest BCUT2D eigenvalue weighted by atomic mass is 9.47. The van der Waals surface area contributed by atoms with Crippen LogP contribution in [0.5, 0.6) is 28.7 Å². The minimum absolute atomic E-state index is 0.0156. The van der Waals surface area contributed by atoms with E-state index >= 15 is 0 Å². The first-order valence-electron chi connectivity index (χ1n) is 33.0. The maximum Gasteiger partial charge on any atom is 0.343 e. The van der Waals surface area contributed by atoms with Gasteiger partial charge in [-0.3, -0.25) is 9.79 Å². The summed E-state index contributed by atoms with van der Waals surface area (Å²) < 4.78 is 34.8. The molecule has 87 heavy (non-hydrogen) atoms. The van der Waals surface area contributed by atoms with Crippen LogP contribution in [-0.2, 0) is 9.53 Å². The van der Waals surface area contributed by atoms with Crippen molar-refractivity contribution in [3.8, 4) is 28.7 Å². The van der Waals surface area contributed by atoms with Crippen molar-refractivity contribution in [2.75, 3.05) is 13.2 Å². The van der Waals surface area contributed by atoms with Crippen molar-refractivity contribution in [2.45, 2.75) is 189 Å². The van der Waals surface area contributed by atoms with E-state index in [0.29, 0.717) is 54.0 Å². The van der Waals surface area contributed by atoms with Crippen molar-refractivity contribution in [3.05, 3.63) is 155 Å². The van der Waals surface area contributed by atoms with Crippen molar-refractivity contribution in [1.29, 1.82) is 0 Å². The molecule has 5 aromatic rings. The second-order valence-corrected chi connectivity index (χ2v) is 26.3. The molecule has 0 aliphatic heterocycles. The van der Waals surface area contributed by atoms with Crippen molar-refractivity contribution >= 4 is 35.8 Å². The smallest absolute Gasteiger partial charge is 0.343 e. The number of ether oxygens (including phenoxy) is 6. The standard InChI is InChI=1S/C76H95NO10/c1-7-8-9-10-11-12-13-15-48-82-62-37-28-57(29-38-62)72(79)85-63-39-30-58(31-40-63)74(81)87-65-22-18-21-64(51-65)86-73(80)56-26-33-60(34-27-56)77-52-55-24-35-61(36-25-55)83-49-16-14-23-71(78)84-66-44-46-75(5)59(50-66)32-41-67-69-43-42-68(54(4)20-17-19-53(2)3)76(69,6)47-45-70(67)75/h18,21-22,24-40,51-54,66-70H,7-17,19-20,23,41-50H2,1-6H3/t54-,66+,67+,68-,69+,70+,75+,76-/m1/s1. The van der Waals surface area contributed by atoms with Gasteiger partial charge in [-0.25, -0.2) is 14.4 Å². The molecule has 0 aromatic heterocycles. The Hall–Kier alpha value is -7.01. The lowest BCUT2D eigenvalue weighted by Crippen LogP contribution is -2.51. The predicted octanol–water partition coefficient (Wildman–Crippen LogP) is 19.1. The average molecular weight is 1180 g/mol. The molecule has 8 atom stereocenters. The Morgan fingerprint density at radius 2 is 1.14 bits per heavy atom. The maximum absolute atomic E-state index is 13.1. The molecule has 0 amide bonds. The fourth-order valence-corrected chi connectivity index (χ4v) is 14.9. The van der Waals surface area contributed by atoms with Crippen LogP contribution >= 0.6 is 0 Å². The highest BCUT2D eigenvalue weighted by Crippen LogP contribution is 2.67. The second-order valence-electron chi connectivity index (χ2n) is 26.3. The van der Waals surface area contributed by atoms with Crippen molar-refractivity contribution in [2.24, 2.45) is 51.3 Å². The van der Waals surface area contributed by atoms with Gasteiger partial charge < -0.3 is 28.4 Å². The summed E-state index contributed by atoms with van der Waals surface area (Å²) in [7, 11) is 0. The fraction of sp³-hybridized carbons (Fsp3) is 0.513. The van der Waals surface area contributed by atoms with Gasteiger partial charge in [0.05, 0.1) is 35.6 Å². The van der Waals surface area contributed by atoms with Gasteiger partial charge in [0.1, 0.15) is 34.9 Å². The molecule has 464 valence electrons. The predicted molar refractivity (Wildman–Crippen MR) is 345 cm³/mol. The summed E-state index contributed by atoms with van der Waals surface area (Å²) in [6.45, 7) is 15.9. The van der Waals surface area contributed by atoms with E-state index in [0.717, 1.165) is 85.3 Å². The Bertz CT molecular complexity index is 3090. The number of hydrogen-bond donors (Lipinski definition) is 0. The normalized spacial score (nSPS) is 22.5. The van der Waals surface area contributed by atoms with Gasteiger partial charge in [-0.15, -0.1) is 0 Å². The van der Waals surface area contributed by atoms with E-state index in [1.54, 1.807) is 78.5 Å². The van der Waals surface area contributed by atoms with Crippen LogP contribution in [0.4, 0.5) is 5.69 Å². The number of unbranched alkanes of at least 4 members (excludes halogenated alkanes) is 8. The van der Waals surface area contributed by atoms with Crippen molar-refractivity contribution in [3.63, 3.8) is 0 Å². The molecule has 3 saturated carbocycles. The number of fused-ring (bicyclic) bond motifs is 5. The van der Waals surface area contributed by atoms with Gasteiger partial charge >= 0.3 is 23.9 Å². The molecule has 0 radical (unpaired) electrons. The third-order valence-corrected chi connectivity index (χ3v) is 19.8. The number of allylic oxidation sites excluding steroid dienone is 1. The molecule has 0 unspecified atom stereocenters. The van der Waals surface area contributed by atoms with E-state index < -0.39 is 17.9 Å². The third kappa shape index (κ3) is 17.6. The van der Waals surface area contributed by atoms with E-state index in [2.05, 4.69) is 52.6 Å². The Morgan fingerprint density at radius 3 is 1.76 bits per heavy atom. The number of hydrogen-bond acceptors (Lipinski definition) is 11. The zero-order valence-corrected chi connectivity index (χ0v) is 52.7. The Kier molecular flexibility index (Phi) is 23.2. The Morgan fingerprint density at radius 1 is 0.575 bits per heavy atom. The molecule has 11 heteroatoms. The molecule has 5 aromatic carbocycles. The van der Waals surface area contributed by atoms with E-state index in [4.69, 9.17) is 28.4 Å². The summed E-state index contributed by atoms with van der Waals surface area (Å²) in [5, 5.41) is 0. The molecule has 0 bridgehead atoms.